The number of nitrogens with zero attached hydrogens (tertiary/aromatic N) is 3. The van der Waals surface area contributed by atoms with Gasteiger partial charge in [-0.05, 0) is 46.5 Å². The van der Waals surface area contributed by atoms with Crippen molar-refractivity contribution in [2.24, 2.45) is 10.9 Å². The van der Waals surface area contributed by atoms with Crippen LogP contribution in [0.25, 0.3) is 0 Å². The summed E-state index contributed by atoms with van der Waals surface area (Å²) in [5.74, 6) is 1.13. The first-order chi connectivity index (χ1) is 14.6. The van der Waals surface area contributed by atoms with Crippen LogP contribution in [0.15, 0.2) is 4.99 Å². The average Bonchev–Trinajstić information content (AvgIpc) is 3.23. The molecule has 2 aliphatic rings. The lowest BCUT2D eigenvalue weighted by atomic mass is 10.1. The molecular formula is C22H41N5O4. The number of ether oxygens (including phenoxy) is 2. The van der Waals surface area contributed by atoms with E-state index in [9.17, 15) is 9.59 Å². The van der Waals surface area contributed by atoms with Crippen LogP contribution in [0.3, 0.4) is 0 Å². The highest BCUT2D eigenvalue weighted by Gasteiger charge is 2.31. The summed E-state index contributed by atoms with van der Waals surface area (Å²) in [5.41, 5.74) is -0.537. The van der Waals surface area contributed by atoms with Gasteiger partial charge in [-0.3, -0.25) is 9.79 Å². The minimum Gasteiger partial charge on any atom is -0.444 e. The van der Waals surface area contributed by atoms with Gasteiger partial charge in [0.15, 0.2) is 5.96 Å². The van der Waals surface area contributed by atoms with E-state index in [1.54, 1.807) is 0 Å². The summed E-state index contributed by atoms with van der Waals surface area (Å²) in [6.07, 6.45) is 1.10. The minimum atomic E-state index is -0.537. The average molecular weight is 440 g/mol. The first-order valence-corrected chi connectivity index (χ1v) is 11.5. The molecule has 31 heavy (non-hydrogen) atoms. The standard InChI is InChI=1S/C22H41N5O4/c1-7-23-20(24-15-17(16(2)3)25-21(29)31-22(4,5)6)27-12-10-26(11-13-27)19(28)18-9-8-14-30-18/h16-18H,7-15H2,1-6H3,(H,23,24)(H,25,29). The third kappa shape index (κ3) is 8.20. The Morgan fingerprint density at radius 3 is 2.32 bits per heavy atom. The molecule has 2 atom stereocenters. The number of alkyl carbamates (subject to hydrolysis) is 1. The molecule has 0 radical (unpaired) electrons. The van der Waals surface area contributed by atoms with Crippen molar-refractivity contribution in [1.29, 1.82) is 0 Å². The zero-order valence-corrected chi connectivity index (χ0v) is 20.1. The Kier molecular flexibility index (Phi) is 9.40. The van der Waals surface area contributed by atoms with Gasteiger partial charge in [-0.25, -0.2) is 4.79 Å². The molecule has 0 saturated carbocycles. The van der Waals surface area contributed by atoms with Crippen molar-refractivity contribution in [1.82, 2.24) is 20.4 Å². The van der Waals surface area contributed by atoms with Gasteiger partial charge in [0.25, 0.3) is 5.91 Å². The lowest BCUT2D eigenvalue weighted by Crippen LogP contribution is -2.55. The number of nitrogens with one attached hydrogen (secondary N) is 2. The van der Waals surface area contributed by atoms with Crippen LogP contribution in [0.5, 0.6) is 0 Å². The fourth-order valence-electron chi connectivity index (χ4n) is 3.61. The summed E-state index contributed by atoms with van der Waals surface area (Å²) in [6.45, 7) is 16.3. The van der Waals surface area contributed by atoms with Crippen molar-refractivity contribution in [2.75, 3.05) is 45.9 Å². The number of hydrogen-bond donors (Lipinski definition) is 2. The Balaban J connectivity index is 1.93. The molecule has 2 fully saturated rings. The number of hydrogen-bond acceptors (Lipinski definition) is 5. The highest BCUT2D eigenvalue weighted by Crippen LogP contribution is 2.16. The minimum absolute atomic E-state index is 0.112. The van der Waals surface area contributed by atoms with E-state index >= 15 is 0 Å². The molecule has 0 aromatic carbocycles. The van der Waals surface area contributed by atoms with Crippen LogP contribution < -0.4 is 10.6 Å². The van der Waals surface area contributed by atoms with Crippen molar-refractivity contribution in [3.63, 3.8) is 0 Å². The summed E-state index contributed by atoms with van der Waals surface area (Å²) in [6, 6.07) is -0.133. The molecule has 0 aromatic heterocycles. The van der Waals surface area contributed by atoms with Crippen LogP contribution in [0.4, 0.5) is 4.79 Å². The summed E-state index contributed by atoms with van der Waals surface area (Å²) >= 11 is 0. The second-order valence-corrected chi connectivity index (χ2v) is 9.51. The fourth-order valence-corrected chi connectivity index (χ4v) is 3.61. The summed E-state index contributed by atoms with van der Waals surface area (Å²) in [7, 11) is 0. The van der Waals surface area contributed by atoms with Gasteiger partial charge in [0.05, 0.1) is 12.6 Å². The van der Waals surface area contributed by atoms with Gasteiger partial charge in [-0.15, -0.1) is 0 Å². The lowest BCUT2D eigenvalue weighted by Gasteiger charge is -2.37. The molecule has 2 saturated heterocycles. The normalized spacial score (nSPS) is 21.3. The Labute approximate surface area is 186 Å². The molecule has 2 N–H and O–H groups in total. The number of piperazine rings is 1. The molecule has 0 spiro atoms. The van der Waals surface area contributed by atoms with Gasteiger partial charge in [-0.1, -0.05) is 13.8 Å². The van der Waals surface area contributed by atoms with Crippen LogP contribution in [0.2, 0.25) is 0 Å². The molecule has 9 heteroatoms. The molecule has 2 rings (SSSR count). The molecule has 9 nitrogen and oxygen atoms in total. The SMILES string of the molecule is CCNC(=NCC(NC(=O)OC(C)(C)C)C(C)C)N1CCN(C(=O)C2CCCO2)CC1. The van der Waals surface area contributed by atoms with Gasteiger partial charge in [0.2, 0.25) is 0 Å². The smallest absolute Gasteiger partial charge is 0.407 e. The van der Waals surface area contributed by atoms with Gasteiger partial charge in [0.1, 0.15) is 11.7 Å². The lowest BCUT2D eigenvalue weighted by molar-refractivity contribution is -0.142. The largest absolute Gasteiger partial charge is 0.444 e. The van der Waals surface area contributed by atoms with Gasteiger partial charge < -0.3 is 29.9 Å². The second-order valence-electron chi connectivity index (χ2n) is 9.51. The fraction of sp³-hybridized carbons (Fsp3) is 0.864. The Hall–Kier alpha value is -2.03. The predicted octanol–water partition coefficient (Wildman–Crippen LogP) is 1.82. The van der Waals surface area contributed by atoms with Crippen LogP contribution >= 0.6 is 0 Å². The molecule has 2 amide bonds. The van der Waals surface area contributed by atoms with Crippen molar-refractivity contribution in [3.8, 4) is 0 Å². The first-order valence-electron chi connectivity index (χ1n) is 11.5. The van der Waals surface area contributed by atoms with E-state index in [1.165, 1.54) is 0 Å². The zero-order chi connectivity index (χ0) is 23.0. The quantitative estimate of drug-likeness (QED) is 0.484. The summed E-state index contributed by atoms with van der Waals surface area (Å²) in [5, 5.41) is 6.29. The molecule has 2 aliphatic heterocycles. The Bertz CT molecular complexity index is 618. The van der Waals surface area contributed by atoms with Gasteiger partial charge in [0, 0.05) is 39.3 Å². The summed E-state index contributed by atoms with van der Waals surface area (Å²) < 4.78 is 10.9. The topological polar surface area (TPSA) is 95.5 Å². The predicted molar refractivity (Wildman–Crippen MR) is 121 cm³/mol. The Morgan fingerprint density at radius 1 is 1.16 bits per heavy atom. The number of carbonyl (C=O) groups is 2. The number of amides is 2. The molecular weight excluding hydrogens is 398 g/mol. The van der Waals surface area contributed by atoms with Crippen LogP contribution in [0, 0.1) is 5.92 Å². The number of rotatable bonds is 6. The van der Waals surface area contributed by atoms with Crippen molar-refractivity contribution >= 4 is 18.0 Å². The van der Waals surface area contributed by atoms with E-state index in [2.05, 4.69) is 29.4 Å². The maximum atomic E-state index is 12.6. The number of aliphatic imine (C=N–C) groups is 1. The van der Waals surface area contributed by atoms with Crippen molar-refractivity contribution < 1.29 is 19.1 Å². The highest BCUT2D eigenvalue weighted by molar-refractivity contribution is 5.83. The van der Waals surface area contributed by atoms with Gasteiger partial charge >= 0.3 is 6.09 Å². The Morgan fingerprint density at radius 2 is 1.81 bits per heavy atom. The molecule has 2 heterocycles. The van der Waals surface area contributed by atoms with E-state index in [-0.39, 0.29) is 24.0 Å². The van der Waals surface area contributed by atoms with Crippen LogP contribution in [0.1, 0.15) is 54.4 Å². The molecule has 0 bridgehead atoms. The monoisotopic (exact) mass is 439 g/mol. The second kappa shape index (κ2) is 11.5. The van der Waals surface area contributed by atoms with E-state index in [0.29, 0.717) is 26.2 Å². The number of guanidine groups is 1. The zero-order valence-electron chi connectivity index (χ0n) is 20.1. The van der Waals surface area contributed by atoms with Crippen molar-refractivity contribution in [3.05, 3.63) is 0 Å². The van der Waals surface area contributed by atoms with Crippen molar-refractivity contribution in [2.45, 2.75) is 72.1 Å². The van der Waals surface area contributed by atoms with Crippen LogP contribution in [-0.2, 0) is 14.3 Å². The van der Waals surface area contributed by atoms with E-state index in [4.69, 9.17) is 14.5 Å². The van der Waals surface area contributed by atoms with E-state index < -0.39 is 11.7 Å². The third-order valence-electron chi connectivity index (χ3n) is 5.38. The summed E-state index contributed by atoms with van der Waals surface area (Å²) in [4.78, 5) is 33.6. The molecule has 178 valence electrons. The van der Waals surface area contributed by atoms with Crippen LogP contribution in [-0.4, -0.2) is 91.4 Å². The first kappa shape index (κ1) is 25.2. The highest BCUT2D eigenvalue weighted by atomic mass is 16.6. The molecule has 2 unspecified atom stereocenters. The number of carbonyl (C=O) groups excluding carboxylic acids is 2. The molecule has 0 aliphatic carbocycles. The maximum Gasteiger partial charge on any atom is 0.407 e. The third-order valence-corrected chi connectivity index (χ3v) is 5.38. The van der Waals surface area contributed by atoms with E-state index in [1.807, 2.05) is 32.6 Å². The molecule has 0 aromatic rings. The maximum absolute atomic E-state index is 12.6. The van der Waals surface area contributed by atoms with E-state index in [0.717, 1.165) is 38.4 Å². The van der Waals surface area contributed by atoms with Gasteiger partial charge in [-0.2, -0.15) is 0 Å².